The Bertz CT molecular complexity index is 548. The molecule has 0 spiro atoms. The van der Waals surface area contributed by atoms with E-state index >= 15 is 0 Å². The van der Waals surface area contributed by atoms with Crippen LogP contribution < -0.4 is 9.47 Å². The fourth-order valence-corrected chi connectivity index (χ4v) is 2.35. The maximum atomic E-state index is 5.82. The van der Waals surface area contributed by atoms with Crippen LogP contribution in [0.25, 0.3) is 0 Å². The minimum Gasteiger partial charge on any atom is -0.490 e. The second-order valence-electron chi connectivity index (χ2n) is 4.79. The van der Waals surface area contributed by atoms with Crippen LogP contribution in [0.3, 0.4) is 0 Å². The van der Waals surface area contributed by atoms with Crippen LogP contribution in [0.15, 0.2) is 60.7 Å². The first kappa shape index (κ1) is 12.8. The Hall–Kier alpha value is -2.22. The van der Waals surface area contributed by atoms with Crippen molar-refractivity contribution in [2.24, 2.45) is 0 Å². The molecule has 0 fully saturated rings. The van der Waals surface area contributed by atoms with E-state index in [4.69, 9.17) is 9.47 Å². The summed E-state index contributed by atoms with van der Waals surface area (Å²) in [4.78, 5) is 0. The molecular formula is C18H18O2. The van der Waals surface area contributed by atoms with Gasteiger partial charge in [0, 0.05) is 0 Å². The predicted octanol–water partition coefficient (Wildman–Crippen LogP) is 3.80. The van der Waals surface area contributed by atoms with Crippen molar-refractivity contribution < 1.29 is 9.47 Å². The molecule has 2 nitrogen and oxygen atoms in total. The van der Waals surface area contributed by atoms with Crippen molar-refractivity contribution in [3.8, 4) is 11.5 Å². The zero-order chi connectivity index (χ0) is 13.6. The van der Waals surface area contributed by atoms with Crippen LogP contribution in [0.5, 0.6) is 11.5 Å². The van der Waals surface area contributed by atoms with Gasteiger partial charge in [-0.25, -0.2) is 0 Å². The molecule has 0 bridgehead atoms. The fourth-order valence-electron chi connectivity index (χ4n) is 2.35. The van der Waals surface area contributed by atoms with Gasteiger partial charge < -0.3 is 9.47 Å². The highest BCUT2D eigenvalue weighted by atomic mass is 16.5. The maximum absolute atomic E-state index is 5.82. The Morgan fingerprint density at radius 2 is 1.05 bits per heavy atom. The van der Waals surface area contributed by atoms with Gasteiger partial charge in [-0.15, -0.1) is 0 Å². The molecule has 0 N–H and O–H groups in total. The highest BCUT2D eigenvalue weighted by Gasteiger charge is 2.05. The van der Waals surface area contributed by atoms with Gasteiger partial charge >= 0.3 is 0 Å². The molecule has 0 saturated carbocycles. The van der Waals surface area contributed by atoms with Crippen molar-refractivity contribution in [3.05, 3.63) is 71.8 Å². The molecule has 1 aliphatic rings. The summed E-state index contributed by atoms with van der Waals surface area (Å²) in [5.41, 5.74) is 2.44. The summed E-state index contributed by atoms with van der Waals surface area (Å²) in [5, 5.41) is 0. The third-order valence-corrected chi connectivity index (χ3v) is 3.39. The number of para-hydroxylation sites is 2. The average molecular weight is 266 g/mol. The monoisotopic (exact) mass is 266 g/mol. The van der Waals surface area contributed by atoms with Gasteiger partial charge in [-0.3, -0.25) is 0 Å². The first-order valence-electron chi connectivity index (χ1n) is 7.00. The van der Waals surface area contributed by atoms with E-state index in [2.05, 4.69) is 24.3 Å². The molecule has 0 aliphatic carbocycles. The molecule has 0 atom stereocenters. The molecule has 0 saturated heterocycles. The minimum absolute atomic E-state index is 0.565. The molecule has 1 aliphatic heterocycles. The van der Waals surface area contributed by atoms with E-state index in [-0.39, 0.29) is 0 Å². The number of allylic oxidation sites excluding steroid dienone is 2. The topological polar surface area (TPSA) is 18.5 Å². The van der Waals surface area contributed by atoms with Crippen molar-refractivity contribution in [3.63, 3.8) is 0 Å². The van der Waals surface area contributed by atoms with Gasteiger partial charge in [0.15, 0.2) is 0 Å². The summed E-state index contributed by atoms with van der Waals surface area (Å²) < 4.78 is 11.6. The lowest BCUT2D eigenvalue weighted by Gasteiger charge is -2.14. The quantitative estimate of drug-likeness (QED) is 0.675. The summed E-state index contributed by atoms with van der Waals surface area (Å²) in [5.74, 6) is 1.91. The van der Waals surface area contributed by atoms with Crippen LogP contribution in [0, 0.1) is 0 Å². The van der Waals surface area contributed by atoms with Crippen LogP contribution >= 0.6 is 0 Å². The van der Waals surface area contributed by atoms with E-state index < -0.39 is 0 Å². The second kappa shape index (κ2) is 6.29. The lowest BCUT2D eigenvalue weighted by molar-refractivity contribution is 0.215. The molecular weight excluding hydrogens is 248 g/mol. The Kier molecular flexibility index (Phi) is 4.02. The number of benzene rings is 2. The predicted molar refractivity (Wildman–Crippen MR) is 80.4 cm³/mol. The van der Waals surface area contributed by atoms with Crippen LogP contribution in [0.4, 0.5) is 0 Å². The highest BCUT2D eigenvalue weighted by molar-refractivity contribution is 5.37. The van der Waals surface area contributed by atoms with Gasteiger partial charge in [0.2, 0.25) is 0 Å². The van der Waals surface area contributed by atoms with E-state index in [1.807, 2.05) is 36.4 Å². The molecule has 0 aromatic heterocycles. The SMILES string of the molecule is C1=C\Cc2ccccc2OCCOc2ccccc2C/1. The van der Waals surface area contributed by atoms with Crippen molar-refractivity contribution in [2.75, 3.05) is 13.2 Å². The molecule has 2 aromatic carbocycles. The van der Waals surface area contributed by atoms with E-state index in [1.165, 1.54) is 11.1 Å². The van der Waals surface area contributed by atoms with E-state index in [0.29, 0.717) is 13.2 Å². The molecule has 2 heteroatoms. The van der Waals surface area contributed by atoms with Crippen molar-refractivity contribution >= 4 is 0 Å². The summed E-state index contributed by atoms with van der Waals surface area (Å²) in [6.45, 7) is 1.13. The van der Waals surface area contributed by atoms with Gasteiger partial charge in [-0.2, -0.15) is 0 Å². The molecule has 20 heavy (non-hydrogen) atoms. The number of ether oxygens (including phenoxy) is 2. The smallest absolute Gasteiger partial charge is 0.122 e. The molecule has 102 valence electrons. The van der Waals surface area contributed by atoms with Gasteiger partial charge in [0.25, 0.3) is 0 Å². The van der Waals surface area contributed by atoms with Gasteiger partial charge in [-0.1, -0.05) is 48.6 Å². The second-order valence-corrected chi connectivity index (χ2v) is 4.79. The van der Waals surface area contributed by atoms with E-state index in [1.54, 1.807) is 0 Å². The van der Waals surface area contributed by atoms with Crippen LogP contribution in [-0.2, 0) is 12.8 Å². The molecule has 0 amide bonds. The molecule has 1 heterocycles. The maximum Gasteiger partial charge on any atom is 0.122 e. The Morgan fingerprint density at radius 1 is 0.600 bits per heavy atom. The lowest BCUT2D eigenvalue weighted by atomic mass is 10.1. The first-order chi connectivity index (χ1) is 9.93. The lowest BCUT2D eigenvalue weighted by Crippen LogP contribution is -2.11. The standard InChI is InChI=1S/C18H18O2/c1-2-8-16-10-4-6-12-18(16)20-14-13-19-17-11-5-3-9-15(17)7-1/h1-6,9-12H,7-8,13-14H2/b2-1-. The normalized spacial score (nSPS) is 16.4. The molecule has 0 radical (unpaired) electrons. The van der Waals surface area contributed by atoms with Crippen molar-refractivity contribution in [1.29, 1.82) is 0 Å². The minimum atomic E-state index is 0.565. The number of hydrogen-bond acceptors (Lipinski definition) is 2. The average Bonchev–Trinajstić information content (AvgIpc) is 2.49. The summed E-state index contributed by atoms with van der Waals surface area (Å²) >= 11 is 0. The number of fused-ring (bicyclic) bond motifs is 2. The third-order valence-electron chi connectivity index (χ3n) is 3.39. The highest BCUT2D eigenvalue weighted by Crippen LogP contribution is 2.22. The van der Waals surface area contributed by atoms with Crippen molar-refractivity contribution in [2.45, 2.75) is 12.8 Å². The summed E-state index contributed by atoms with van der Waals surface area (Å²) in [7, 11) is 0. The largest absolute Gasteiger partial charge is 0.490 e. The van der Waals surface area contributed by atoms with Gasteiger partial charge in [-0.05, 0) is 36.1 Å². The number of rotatable bonds is 0. The Morgan fingerprint density at radius 3 is 1.55 bits per heavy atom. The Labute approximate surface area is 119 Å². The summed E-state index contributed by atoms with van der Waals surface area (Å²) in [6, 6.07) is 16.4. The van der Waals surface area contributed by atoms with Gasteiger partial charge in [0.05, 0.1) is 0 Å². The summed E-state index contributed by atoms with van der Waals surface area (Å²) in [6.07, 6.45) is 6.19. The van der Waals surface area contributed by atoms with Crippen LogP contribution in [0.1, 0.15) is 11.1 Å². The van der Waals surface area contributed by atoms with Gasteiger partial charge in [0.1, 0.15) is 24.7 Å². The molecule has 3 rings (SSSR count). The first-order valence-corrected chi connectivity index (χ1v) is 7.00. The number of hydrogen-bond donors (Lipinski definition) is 0. The van der Waals surface area contributed by atoms with Crippen LogP contribution in [-0.4, -0.2) is 13.2 Å². The molecule has 2 aromatic rings. The van der Waals surface area contributed by atoms with E-state index in [9.17, 15) is 0 Å². The Balaban J connectivity index is 1.83. The van der Waals surface area contributed by atoms with Crippen molar-refractivity contribution in [1.82, 2.24) is 0 Å². The zero-order valence-electron chi connectivity index (χ0n) is 11.4. The van der Waals surface area contributed by atoms with E-state index in [0.717, 1.165) is 24.3 Å². The fraction of sp³-hybridized carbons (Fsp3) is 0.222. The molecule has 0 unspecified atom stereocenters. The van der Waals surface area contributed by atoms with Crippen LogP contribution in [0.2, 0.25) is 0 Å². The zero-order valence-corrected chi connectivity index (χ0v) is 11.4. The third kappa shape index (κ3) is 3.02.